The smallest absolute Gasteiger partial charge is 0.314 e. The van der Waals surface area contributed by atoms with Gasteiger partial charge in [0.1, 0.15) is 11.5 Å². The fourth-order valence-corrected chi connectivity index (χ4v) is 5.91. The highest BCUT2D eigenvalue weighted by atomic mass is 32.2. The number of rotatable bonds is 13. The van der Waals surface area contributed by atoms with Gasteiger partial charge in [0.05, 0.1) is 34.8 Å². The van der Waals surface area contributed by atoms with Crippen LogP contribution < -0.4 is 10.0 Å². The first-order valence-corrected chi connectivity index (χ1v) is 15.6. The zero-order valence-electron chi connectivity index (χ0n) is 24.2. The van der Waals surface area contributed by atoms with E-state index < -0.39 is 27.5 Å². The third kappa shape index (κ3) is 6.97. The standard InChI is InChI=1S/C30H39N3O7S/c1-6-39-29(36)30(3,4)24(34)8-7-15-32-41(37,38)17-23-21(19-13-14-19)16-22-25(27(35)31-5)26(40-28(22)33-23)20-11-9-18(2)10-12-20/h9-12,16,19,24,32,34H,6-8,13-15,17H2,1-5H3,(H,31,35). The number of amides is 1. The Kier molecular flexibility index (Phi) is 9.20. The van der Waals surface area contributed by atoms with Gasteiger partial charge in [-0.1, -0.05) is 29.8 Å². The van der Waals surface area contributed by atoms with Crippen molar-refractivity contribution in [1.29, 1.82) is 0 Å². The van der Waals surface area contributed by atoms with Gasteiger partial charge in [0.2, 0.25) is 15.7 Å². The van der Waals surface area contributed by atoms with Crippen molar-refractivity contribution in [3.8, 4) is 11.3 Å². The lowest BCUT2D eigenvalue weighted by molar-refractivity contribution is -0.160. The third-order valence-corrected chi connectivity index (χ3v) is 8.82. The number of aromatic nitrogens is 1. The van der Waals surface area contributed by atoms with Gasteiger partial charge in [-0.15, -0.1) is 0 Å². The molecule has 2 heterocycles. The molecule has 2 aromatic heterocycles. The van der Waals surface area contributed by atoms with Crippen LogP contribution in [0.2, 0.25) is 0 Å². The van der Waals surface area contributed by atoms with E-state index >= 15 is 0 Å². The zero-order chi connectivity index (χ0) is 29.9. The van der Waals surface area contributed by atoms with Crippen LogP contribution in [0.15, 0.2) is 34.7 Å². The number of hydrogen-bond donors (Lipinski definition) is 3. The number of carbonyl (C=O) groups is 2. The Bertz CT molecular complexity index is 1520. The number of esters is 1. The lowest BCUT2D eigenvalue weighted by Crippen LogP contribution is -2.39. The number of ether oxygens (including phenoxy) is 1. The number of aliphatic hydroxyl groups excluding tert-OH is 1. The molecule has 3 N–H and O–H groups in total. The van der Waals surface area contributed by atoms with Crippen molar-refractivity contribution < 1.29 is 32.3 Å². The van der Waals surface area contributed by atoms with E-state index in [2.05, 4.69) is 15.0 Å². The summed E-state index contributed by atoms with van der Waals surface area (Å²) in [5.41, 5.74) is 2.47. The van der Waals surface area contributed by atoms with E-state index in [1.807, 2.05) is 37.3 Å². The highest BCUT2D eigenvalue weighted by molar-refractivity contribution is 7.88. The van der Waals surface area contributed by atoms with Gasteiger partial charge >= 0.3 is 5.97 Å². The van der Waals surface area contributed by atoms with Gasteiger partial charge in [-0.2, -0.15) is 0 Å². The van der Waals surface area contributed by atoms with Crippen molar-refractivity contribution in [2.24, 2.45) is 5.41 Å². The number of fused-ring (bicyclic) bond motifs is 1. The first-order chi connectivity index (χ1) is 19.4. The molecule has 1 saturated carbocycles. The van der Waals surface area contributed by atoms with Crippen LogP contribution in [0.5, 0.6) is 0 Å². The van der Waals surface area contributed by atoms with E-state index in [4.69, 9.17) is 9.15 Å². The molecule has 0 spiro atoms. The number of carbonyl (C=O) groups excluding carboxylic acids is 2. The monoisotopic (exact) mass is 585 g/mol. The number of aryl methyl sites for hydroxylation is 1. The van der Waals surface area contributed by atoms with Gasteiger partial charge in [0.25, 0.3) is 5.91 Å². The second kappa shape index (κ2) is 12.3. The summed E-state index contributed by atoms with van der Waals surface area (Å²) in [6, 6.07) is 9.46. The van der Waals surface area contributed by atoms with Crippen LogP contribution in [0.3, 0.4) is 0 Å². The summed E-state index contributed by atoms with van der Waals surface area (Å²) in [5, 5.41) is 13.7. The van der Waals surface area contributed by atoms with E-state index in [9.17, 15) is 23.1 Å². The maximum absolute atomic E-state index is 13.1. The number of pyridine rings is 1. The molecule has 10 nitrogen and oxygen atoms in total. The molecule has 0 saturated heterocycles. The third-order valence-electron chi connectivity index (χ3n) is 7.52. The Morgan fingerprint density at radius 2 is 1.90 bits per heavy atom. The lowest BCUT2D eigenvalue weighted by Gasteiger charge is -2.28. The number of benzene rings is 1. The van der Waals surface area contributed by atoms with E-state index in [0.29, 0.717) is 28.8 Å². The molecule has 1 fully saturated rings. The van der Waals surface area contributed by atoms with E-state index in [1.165, 1.54) is 0 Å². The van der Waals surface area contributed by atoms with Gasteiger partial charge < -0.3 is 19.6 Å². The quantitative estimate of drug-likeness (QED) is 0.200. The minimum absolute atomic E-state index is 0.0957. The SMILES string of the molecule is CCOC(=O)C(C)(C)C(O)CCCNS(=O)(=O)Cc1nc2oc(-c3ccc(C)cc3)c(C(=O)NC)c2cc1C1CC1. The largest absolute Gasteiger partial charge is 0.466 e. The van der Waals surface area contributed by atoms with Gasteiger partial charge in [-0.05, 0) is 70.9 Å². The van der Waals surface area contributed by atoms with Crippen LogP contribution in [-0.2, 0) is 25.3 Å². The Labute approximate surface area is 240 Å². The first kappa shape index (κ1) is 30.7. The molecule has 222 valence electrons. The Morgan fingerprint density at radius 3 is 2.51 bits per heavy atom. The molecule has 1 unspecified atom stereocenters. The first-order valence-electron chi connectivity index (χ1n) is 14.0. The minimum Gasteiger partial charge on any atom is -0.466 e. The zero-order valence-corrected chi connectivity index (χ0v) is 25.1. The topological polar surface area (TPSA) is 148 Å². The summed E-state index contributed by atoms with van der Waals surface area (Å²) < 4.78 is 39.8. The normalized spacial score (nSPS) is 14.7. The van der Waals surface area contributed by atoms with Crippen LogP contribution >= 0.6 is 0 Å². The fraction of sp³-hybridized carbons (Fsp3) is 0.500. The number of aliphatic hydroxyl groups is 1. The second-order valence-corrected chi connectivity index (χ2v) is 13.0. The van der Waals surface area contributed by atoms with Crippen molar-refractivity contribution in [3.63, 3.8) is 0 Å². The molecule has 1 atom stereocenters. The van der Waals surface area contributed by atoms with Crippen molar-refractivity contribution >= 4 is 33.0 Å². The fourth-order valence-electron chi connectivity index (χ4n) is 4.76. The Hall–Kier alpha value is -3.28. The Morgan fingerprint density at radius 1 is 1.22 bits per heavy atom. The molecule has 0 aliphatic heterocycles. The molecule has 1 aliphatic carbocycles. The highest BCUT2D eigenvalue weighted by Crippen LogP contribution is 2.44. The van der Waals surface area contributed by atoms with Crippen LogP contribution in [0.4, 0.5) is 0 Å². The number of furan rings is 1. The average Bonchev–Trinajstić information content (AvgIpc) is 3.71. The van der Waals surface area contributed by atoms with E-state index in [0.717, 1.165) is 29.5 Å². The summed E-state index contributed by atoms with van der Waals surface area (Å²) in [6.45, 7) is 7.20. The summed E-state index contributed by atoms with van der Waals surface area (Å²) in [7, 11) is -2.22. The van der Waals surface area contributed by atoms with Gasteiger partial charge in [0, 0.05) is 19.2 Å². The maximum atomic E-state index is 13.1. The van der Waals surface area contributed by atoms with Crippen molar-refractivity contribution in [3.05, 3.63) is 52.7 Å². The summed E-state index contributed by atoms with van der Waals surface area (Å²) in [4.78, 5) is 29.7. The summed E-state index contributed by atoms with van der Waals surface area (Å²) in [6.07, 6.45) is 1.41. The Balaban J connectivity index is 1.54. The van der Waals surface area contributed by atoms with Crippen LogP contribution in [0, 0.1) is 12.3 Å². The number of nitrogens with one attached hydrogen (secondary N) is 2. The second-order valence-electron chi connectivity index (χ2n) is 11.2. The maximum Gasteiger partial charge on any atom is 0.314 e. The molecule has 4 rings (SSSR count). The van der Waals surface area contributed by atoms with Crippen LogP contribution in [0.25, 0.3) is 22.4 Å². The van der Waals surface area contributed by atoms with Crippen LogP contribution in [-0.4, -0.2) is 56.7 Å². The van der Waals surface area contributed by atoms with E-state index in [1.54, 1.807) is 27.8 Å². The van der Waals surface area contributed by atoms with Crippen molar-refractivity contribution in [1.82, 2.24) is 15.0 Å². The van der Waals surface area contributed by atoms with Crippen molar-refractivity contribution in [2.45, 2.75) is 71.2 Å². The molecular formula is C30H39N3O7S. The summed E-state index contributed by atoms with van der Waals surface area (Å²) >= 11 is 0. The summed E-state index contributed by atoms with van der Waals surface area (Å²) in [5.74, 6) is -0.589. The molecule has 41 heavy (non-hydrogen) atoms. The number of hydrogen-bond acceptors (Lipinski definition) is 8. The molecule has 1 aliphatic rings. The number of nitrogens with zero attached hydrogens (tertiary/aromatic N) is 1. The van der Waals surface area contributed by atoms with Gasteiger partial charge in [0.15, 0.2) is 0 Å². The van der Waals surface area contributed by atoms with Crippen molar-refractivity contribution in [2.75, 3.05) is 20.2 Å². The molecule has 0 radical (unpaired) electrons. The molecule has 1 amide bonds. The molecule has 3 aromatic rings. The molecule has 11 heteroatoms. The van der Waals surface area contributed by atoms with Crippen LogP contribution in [0.1, 0.15) is 79.6 Å². The molecule has 1 aromatic carbocycles. The average molecular weight is 586 g/mol. The molecular weight excluding hydrogens is 546 g/mol. The van der Waals surface area contributed by atoms with E-state index in [-0.39, 0.29) is 42.9 Å². The number of sulfonamides is 1. The minimum atomic E-state index is -3.78. The lowest BCUT2D eigenvalue weighted by atomic mass is 9.84. The van der Waals surface area contributed by atoms with Gasteiger partial charge in [-0.25, -0.2) is 18.1 Å². The predicted molar refractivity (Wildman–Crippen MR) is 156 cm³/mol. The molecule has 0 bridgehead atoms. The predicted octanol–water partition coefficient (Wildman–Crippen LogP) is 4.19. The highest BCUT2D eigenvalue weighted by Gasteiger charge is 2.37. The van der Waals surface area contributed by atoms with Gasteiger partial charge in [-0.3, -0.25) is 9.59 Å².